The number of pyridine rings is 2. The molecule has 0 fully saturated rings. The standard InChI is InChI=1S/C19H13N3/c1-12-10-11-20-18-13-6-2-4-8-15(13)22-16-9-5-3-7-14(16)21-19(22)17(12)18/h2-11H,1H3. The van der Waals surface area contributed by atoms with Gasteiger partial charge in [0, 0.05) is 17.0 Å². The monoisotopic (exact) mass is 283 g/mol. The second-order valence-corrected chi connectivity index (χ2v) is 5.63. The summed E-state index contributed by atoms with van der Waals surface area (Å²) in [4.78, 5) is 9.51. The van der Waals surface area contributed by atoms with Gasteiger partial charge in [-0.15, -0.1) is 0 Å². The highest BCUT2D eigenvalue weighted by atomic mass is 15.0. The molecule has 0 saturated heterocycles. The Hall–Kier alpha value is -2.94. The molecule has 3 heterocycles. The normalized spacial score (nSPS) is 11.9. The number of aromatic nitrogens is 3. The maximum Gasteiger partial charge on any atom is 0.148 e. The lowest BCUT2D eigenvalue weighted by Crippen LogP contribution is -1.94. The van der Waals surface area contributed by atoms with Crippen LogP contribution < -0.4 is 0 Å². The van der Waals surface area contributed by atoms with Crippen molar-refractivity contribution < 1.29 is 0 Å². The van der Waals surface area contributed by atoms with E-state index >= 15 is 0 Å². The van der Waals surface area contributed by atoms with Gasteiger partial charge in [-0.3, -0.25) is 9.38 Å². The molecule has 0 atom stereocenters. The number of fused-ring (bicyclic) bond motifs is 8. The average Bonchev–Trinajstić information content (AvgIpc) is 2.94. The number of hydrogen-bond acceptors (Lipinski definition) is 2. The van der Waals surface area contributed by atoms with Crippen molar-refractivity contribution >= 4 is 38.5 Å². The van der Waals surface area contributed by atoms with E-state index in [0.29, 0.717) is 0 Å². The molecular formula is C19H13N3. The summed E-state index contributed by atoms with van der Waals surface area (Å²) in [5.41, 5.74) is 6.52. The largest absolute Gasteiger partial charge is 0.292 e. The minimum atomic E-state index is 0.987. The van der Waals surface area contributed by atoms with Gasteiger partial charge in [0.1, 0.15) is 5.65 Å². The minimum absolute atomic E-state index is 0.987. The summed E-state index contributed by atoms with van der Waals surface area (Å²) < 4.78 is 2.25. The van der Waals surface area contributed by atoms with Crippen LogP contribution in [-0.2, 0) is 0 Å². The Morgan fingerprint density at radius 1 is 0.864 bits per heavy atom. The third-order valence-electron chi connectivity index (χ3n) is 4.34. The molecule has 0 spiro atoms. The van der Waals surface area contributed by atoms with Crippen molar-refractivity contribution in [1.29, 1.82) is 0 Å². The fourth-order valence-corrected chi connectivity index (χ4v) is 3.35. The number of benzene rings is 2. The van der Waals surface area contributed by atoms with Gasteiger partial charge in [0.05, 0.1) is 22.1 Å². The highest BCUT2D eigenvalue weighted by Gasteiger charge is 2.14. The van der Waals surface area contributed by atoms with E-state index < -0.39 is 0 Å². The van der Waals surface area contributed by atoms with E-state index in [4.69, 9.17) is 4.98 Å². The van der Waals surface area contributed by atoms with E-state index in [1.54, 1.807) is 0 Å². The Bertz CT molecular complexity index is 1190. The highest BCUT2D eigenvalue weighted by molar-refractivity contribution is 6.12. The van der Waals surface area contributed by atoms with Gasteiger partial charge in [-0.2, -0.15) is 0 Å². The Morgan fingerprint density at radius 3 is 2.55 bits per heavy atom. The quantitative estimate of drug-likeness (QED) is 0.392. The zero-order chi connectivity index (χ0) is 14.7. The van der Waals surface area contributed by atoms with Crippen molar-refractivity contribution in [2.75, 3.05) is 0 Å². The predicted molar refractivity (Wildman–Crippen MR) is 90.2 cm³/mol. The Balaban J connectivity index is 2.26. The van der Waals surface area contributed by atoms with Crippen molar-refractivity contribution in [3.63, 3.8) is 0 Å². The number of para-hydroxylation sites is 3. The van der Waals surface area contributed by atoms with Crippen LogP contribution in [0.5, 0.6) is 0 Å². The fraction of sp³-hybridized carbons (Fsp3) is 0.0526. The second-order valence-electron chi connectivity index (χ2n) is 5.63. The van der Waals surface area contributed by atoms with Gasteiger partial charge in [0.2, 0.25) is 0 Å². The van der Waals surface area contributed by atoms with Crippen LogP contribution in [0.25, 0.3) is 38.5 Å². The minimum Gasteiger partial charge on any atom is -0.292 e. The van der Waals surface area contributed by atoms with E-state index in [1.165, 1.54) is 5.56 Å². The van der Waals surface area contributed by atoms with Crippen LogP contribution in [0.4, 0.5) is 0 Å². The molecule has 0 amide bonds. The first-order valence-corrected chi connectivity index (χ1v) is 7.38. The molecular weight excluding hydrogens is 270 g/mol. The van der Waals surface area contributed by atoms with Crippen molar-refractivity contribution in [3.05, 3.63) is 66.4 Å². The molecule has 0 radical (unpaired) electrons. The molecule has 5 rings (SSSR count). The summed E-state index contributed by atoms with van der Waals surface area (Å²) in [6.45, 7) is 2.12. The van der Waals surface area contributed by atoms with Crippen LogP contribution in [0.3, 0.4) is 0 Å². The summed E-state index contributed by atoms with van der Waals surface area (Å²) in [7, 11) is 0. The van der Waals surface area contributed by atoms with Gasteiger partial charge < -0.3 is 0 Å². The van der Waals surface area contributed by atoms with Crippen molar-refractivity contribution in [2.24, 2.45) is 0 Å². The molecule has 0 aliphatic heterocycles. The van der Waals surface area contributed by atoms with E-state index in [1.807, 2.05) is 12.3 Å². The molecule has 3 heteroatoms. The summed E-state index contributed by atoms with van der Waals surface area (Å²) in [6, 6.07) is 18.7. The molecule has 104 valence electrons. The van der Waals surface area contributed by atoms with E-state index in [0.717, 1.165) is 38.5 Å². The van der Waals surface area contributed by atoms with Crippen molar-refractivity contribution in [2.45, 2.75) is 6.92 Å². The highest BCUT2D eigenvalue weighted by Crippen LogP contribution is 2.32. The Morgan fingerprint density at radius 2 is 1.64 bits per heavy atom. The lowest BCUT2D eigenvalue weighted by atomic mass is 10.1. The molecule has 3 aromatic heterocycles. The molecule has 0 bridgehead atoms. The number of hydrogen-bond donors (Lipinski definition) is 0. The summed E-state index contributed by atoms with van der Waals surface area (Å²) in [5.74, 6) is 0. The molecule has 0 aliphatic carbocycles. The van der Waals surface area contributed by atoms with E-state index in [9.17, 15) is 0 Å². The van der Waals surface area contributed by atoms with Crippen LogP contribution in [0.15, 0.2) is 60.8 Å². The molecule has 2 aromatic carbocycles. The summed E-state index contributed by atoms with van der Waals surface area (Å²) >= 11 is 0. The number of imidazole rings is 1. The zero-order valence-electron chi connectivity index (χ0n) is 12.1. The van der Waals surface area contributed by atoms with Crippen LogP contribution in [0, 0.1) is 6.92 Å². The topological polar surface area (TPSA) is 30.2 Å². The van der Waals surface area contributed by atoms with Crippen LogP contribution in [0.2, 0.25) is 0 Å². The van der Waals surface area contributed by atoms with Gasteiger partial charge in [-0.05, 0) is 36.8 Å². The molecule has 22 heavy (non-hydrogen) atoms. The van der Waals surface area contributed by atoms with Crippen LogP contribution in [-0.4, -0.2) is 14.4 Å². The average molecular weight is 283 g/mol. The first-order chi connectivity index (χ1) is 10.8. The van der Waals surface area contributed by atoms with Gasteiger partial charge in [0.15, 0.2) is 0 Å². The SMILES string of the molecule is Cc1ccnc2c3ccccc3n3c4ccccc4nc3c12. The third-order valence-corrected chi connectivity index (χ3v) is 4.34. The van der Waals surface area contributed by atoms with E-state index in [2.05, 4.69) is 64.8 Å². The van der Waals surface area contributed by atoms with Gasteiger partial charge in [0.25, 0.3) is 0 Å². The smallest absolute Gasteiger partial charge is 0.148 e. The zero-order valence-corrected chi connectivity index (χ0v) is 12.1. The molecule has 0 aliphatic rings. The maximum atomic E-state index is 4.88. The molecule has 0 N–H and O–H groups in total. The molecule has 5 aromatic rings. The number of aryl methyl sites for hydroxylation is 1. The lowest BCUT2D eigenvalue weighted by Gasteiger charge is -2.09. The maximum absolute atomic E-state index is 4.88. The Labute approximate surface area is 126 Å². The summed E-state index contributed by atoms with van der Waals surface area (Å²) in [6.07, 6.45) is 1.88. The second kappa shape index (κ2) is 4.04. The Kier molecular flexibility index (Phi) is 2.15. The van der Waals surface area contributed by atoms with Crippen molar-refractivity contribution in [3.8, 4) is 0 Å². The first kappa shape index (κ1) is 11.7. The van der Waals surface area contributed by atoms with Crippen molar-refractivity contribution in [1.82, 2.24) is 14.4 Å². The number of nitrogens with zero attached hydrogens (tertiary/aromatic N) is 3. The summed E-state index contributed by atoms with van der Waals surface area (Å²) in [5, 5.41) is 2.30. The molecule has 0 unspecified atom stereocenters. The van der Waals surface area contributed by atoms with Crippen LogP contribution >= 0.6 is 0 Å². The van der Waals surface area contributed by atoms with Gasteiger partial charge in [-0.1, -0.05) is 30.3 Å². The fourth-order valence-electron chi connectivity index (χ4n) is 3.35. The third kappa shape index (κ3) is 1.35. The molecule has 3 nitrogen and oxygen atoms in total. The predicted octanol–water partition coefficient (Wildman–Crippen LogP) is 4.50. The van der Waals surface area contributed by atoms with Gasteiger partial charge >= 0.3 is 0 Å². The van der Waals surface area contributed by atoms with Gasteiger partial charge in [-0.25, -0.2) is 4.98 Å². The van der Waals surface area contributed by atoms with E-state index in [-0.39, 0.29) is 0 Å². The van der Waals surface area contributed by atoms with Crippen LogP contribution in [0.1, 0.15) is 5.56 Å². The lowest BCUT2D eigenvalue weighted by molar-refractivity contribution is 1.29. The first-order valence-electron chi connectivity index (χ1n) is 7.38. The number of rotatable bonds is 0. The molecule has 0 saturated carbocycles.